The lowest BCUT2D eigenvalue weighted by molar-refractivity contribution is -0.136. The molecule has 0 unspecified atom stereocenters. The number of rotatable bonds is 2. The van der Waals surface area contributed by atoms with Crippen molar-refractivity contribution in [2.75, 3.05) is 19.7 Å². The molecular formula is C19H22N2O4. The van der Waals surface area contributed by atoms with Crippen LogP contribution < -0.4 is 5.76 Å². The minimum absolute atomic E-state index is 0.0125. The summed E-state index contributed by atoms with van der Waals surface area (Å²) in [5.74, 6) is -0.544. The topological polar surface area (TPSA) is 64.7 Å². The summed E-state index contributed by atoms with van der Waals surface area (Å²) in [6, 6.07) is 7.17. The van der Waals surface area contributed by atoms with Crippen LogP contribution in [-0.2, 0) is 16.1 Å². The average Bonchev–Trinajstić information content (AvgIpc) is 2.91. The molecule has 0 aliphatic carbocycles. The number of oxazole rings is 1. The maximum Gasteiger partial charge on any atom is 0.420 e. The zero-order chi connectivity index (χ0) is 17.4. The van der Waals surface area contributed by atoms with Crippen molar-refractivity contribution >= 4 is 17.0 Å². The number of ether oxygens (including phenoxy) is 1. The Kier molecular flexibility index (Phi) is 4.00. The Hall–Kier alpha value is -2.34. The van der Waals surface area contributed by atoms with Gasteiger partial charge in [0.05, 0.1) is 17.7 Å². The Morgan fingerprint density at radius 1 is 1.24 bits per heavy atom. The van der Waals surface area contributed by atoms with Crippen LogP contribution in [0.1, 0.15) is 26.2 Å². The van der Waals surface area contributed by atoms with Gasteiger partial charge in [0.1, 0.15) is 6.54 Å². The van der Waals surface area contributed by atoms with E-state index in [-0.39, 0.29) is 18.1 Å². The second-order valence-corrected chi connectivity index (χ2v) is 6.96. The van der Waals surface area contributed by atoms with Gasteiger partial charge in [-0.05, 0) is 38.3 Å². The Labute approximate surface area is 145 Å². The molecule has 0 atom stereocenters. The average molecular weight is 342 g/mol. The molecule has 132 valence electrons. The van der Waals surface area contributed by atoms with Gasteiger partial charge in [-0.2, -0.15) is 0 Å². The summed E-state index contributed by atoms with van der Waals surface area (Å²) in [5.41, 5.74) is 2.32. The number of fused-ring (bicyclic) bond motifs is 1. The van der Waals surface area contributed by atoms with Crippen LogP contribution in [0.5, 0.6) is 0 Å². The van der Waals surface area contributed by atoms with E-state index >= 15 is 0 Å². The smallest absolute Gasteiger partial charge is 0.408 e. The summed E-state index contributed by atoms with van der Waals surface area (Å²) in [6.45, 7) is 4.20. The van der Waals surface area contributed by atoms with E-state index in [0.29, 0.717) is 24.2 Å². The van der Waals surface area contributed by atoms with Crippen LogP contribution in [-0.4, -0.2) is 40.7 Å². The predicted octanol–water partition coefficient (Wildman–Crippen LogP) is 2.32. The predicted molar refractivity (Wildman–Crippen MR) is 93.3 cm³/mol. The number of carbonyl (C=O) groups is 1. The number of nitrogens with zero attached hydrogens (tertiary/aromatic N) is 2. The third-order valence-corrected chi connectivity index (χ3v) is 5.22. The number of carbonyl (C=O) groups excluding carboxylic acids is 1. The highest BCUT2D eigenvalue weighted by Crippen LogP contribution is 2.33. The van der Waals surface area contributed by atoms with E-state index < -0.39 is 5.76 Å². The molecule has 2 aliphatic heterocycles. The van der Waals surface area contributed by atoms with Crippen LogP contribution in [0, 0.1) is 0 Å². The van der Waals surface area contributed by atoms with Gasteiger partial charge in [-0.3, -0.25) is 9.36 Å². The number of hydrogen-bond donors (Lipinski definition) is 0. The highest BCUT2D eigenvalue weighted by atomic mass is 16.5. The fourth-order valence-corrected chi connectivity index (χ4v) is 3.80. The summed E-state index contributed by atoms with van der Waals surface area (Å²) in [6.07, 6.45) is 4.82. The molecule has 3 heterocycles. The third kappa shape index (κ3) is 3.02. The molecule has 1 aromatic heterocycles. The van der Waals surface area contributed by atoms with E-state index in [9.17, 15) is 9.59 Å². The second-order valence-electron chi connectivity index (χ2n) is 6.96. The molecular weight excluding hydrogens is 320 g/mol. The molecule has 0 saturated carbocycles. The van der Waals surface area contributed by atoms with E-state index in [1.807, 2.05) is 11.0 Å². The Balaban J connectivity index is 1.47. The quantitative estimate of drug-likeness (QED) is 0.786. The number of aromatic nitrogens is 1. The number of amides is 1. The van der Waals surface area contributed by atoms with Gasteiger partial charge in [0.2, 0.25) is 5.91 Å². The molecule has 25 heavy (non-hydrogen) atoms. The van der Waals surface area contributed by atoms with Crippen molar-refractivity contribution < 1.29 is 13.9 Å². The van der Waals surface area contributed by atoms with E-state index in [4.69, 9.17) is 9.15 Å². The standard InChI is InChI=1S/C19H22N2O4/c1-14-6-11-24-19(12-14)7-9-20(10-8-19)17(22)13-21-15-4-2-3-5-16(15)25-18(21)23/h2-5,12H,6-11,13H2,1H3. The van der Waals surface area contributed by atoms with Crippen LogP contribution >= 0.6 is 0 Å². The van der Waals surface area contributed by atoms with Crippen molar-refractivity contribution in [3.05, 3.63) is 46.5 Å². The molecule has 1 aromatic carbocycles. The summed E-state index contributed by atoms with van der Waals surface area (Å²) in [4.78, 5) is 26.5. The van der Waals surface area contributed by atoms with Crippen LogP contribution in [0.4, 0.5) is 0 Å². The first-order valence-corrected chi connectivity index (χ1v) is 8.75. The van der Waals surface area contributed by atoms with Crippen molar-refractivity contribution in [1.82, 2.24) is 9.47 Å². The van der Waals surface area contributed by atoms with Crippen molar-refractivity contribution in [3.8, 4) is 0 Å². The van der Waals surface area contributed by atoms with Gasteiger partial charge in [0.25, 0.3) is 0 Å². The van der Waals surface area contributed by atoms with E-state index in [0.717, 1.165) is 25.9 Å². The van der Waals surface area contributed by atoms with Gasteiger partial charge >= 0.3 is 5.76 Å². The van der Waals surface area contributed by atoms with Crippen LogP contribution in [0.25, 0.3) is 11.1 Å². The van der Waals surface area contributed by atoms with E-state index in [1.165, 1.54) is 10.1 Å². The number of benzene rings is 1. The van der Waals surface area contributed by atoms with Gasteiger partial charge in [0.15, 0.2) is 5.58 Å². The lowest BCUT2D eigenvalue weighted by Crippen LogP contribution is -2.49. The first-order chi connectivity index (χ1) is 12.1. The van der Waals surface area contributed by atoms with Gasteiger partial charge in [-0.1, -0.05) is 23.8 Å². The summed E-state index contributed by atoms with van der Waals surface area (Å²) in [5, 5.41) is 0. The molecule has 1 fully saturated rings. The van der Waals surface area contributed by atoms with Crippen LogP contribution in [0.2, 0.25) is 0 Å². The zero-order valence-electron chi connectivity index (χ0n) is 14.4. The summed E-state index contributed by atoms with van der Waals surface area (Å²) < 4.78 is 12.6. The highest BCUT2D eigenvalue weighted by Gasteiger charge is 2.36. The maximum atomic E-state index is 12.7. The molecule has 2 aliphatic rings. The number of hydrogen-bond acceptors (Lipinski definition) is 4. The Bertz CT molecular complexity index is 884. The van der Waals surface area contributed by atoms with Crippen LogP contribution in [0.3, 0.4) is 0 Å². The first kappa shape index (κ1) is 16.1. The first-order valence-electron chi connectivity index (χ1n) is 8.75. The van der Waals surface area contributed by atoms with Crippen molar-refractivity contribution in [2.45, 2.75) is 38.3 Å². The minimum Gasteiger partial charge on any atom is -0.408 e. The molecule has 0 radical (unpaired) electrons. The lowest BCUT2D eigenvalue weighted by Gasteiger charge is -2.42. The largest absolute Gasteiger partial charge is 0.420 e. The van der Waals surface area contributed by atoms with Crippen molar-refractivity contribution in [1.29, 1.82) is 0 Å². The molecule has 1 spiro atoms. The van der Waals surface area contributed by atoms with Gasteiger partial charge in [0, 0.05) is 13.1 Å². The number of piperidine rings is 1. The molecule has 2 aromatic rings. The molecule has 6 heteroatoms. The minimum atomic E-state index is -0.489. The second kappa shape index (κ2) is 6.19. The zero-order valence-corrected chi connectivity index (χ0v) is 14.4. The van der Waals surface area contributed by atoms with Gasteiger partial charge in [-0.15, -0.1) is 0 Å². The SMILES string of the molecule is CC1=CC2(CCN(C(=O)Cn3c(=O)oc4ccccc43)CC2)OCC1. The highest BCUT2D eigenvalue weighted by molar-refractivity contribution is 5.79. The van der Waals surface area contributed by atoms with Crippen molar-refractivity contribution in [2.24, 2.45) is 0 Å². The van der Waals surface area contributed by atoms with Gasteiger partial charge < -0.3 is 14.1 Å². The fourth-order valence-electron chi connectivity index (χ4n) is 3.80. The molecule has 6 nitrogen and oxygen atoms in total. The lowest BCUT2D eigenvalue weighted by atomic mass is 9.87. The van der Waals surface area contributed by atoms with Crippen molar-refractivity contribution in [3.63, 3.8) is 0 Å². The Morgan fingerprint density at radius 2 is 2.00 bits per heavy atom. The summed E-state index contributed by atoms with van der Waals surface area (Å²) >= 11 is 0. The molecule has 0 N–H and O–H groups in total. The van der Waals surface area contributed by atoms with E-state index in [1.54, 1.807) is 18.2 Å². The number of para-hydroxylation sites is 2. The molecule has 1 amide bonds. The molecule has 4 rings (SSSR count). The van der Waals surface area contributed by atoms with Gasteiger partial charge in [-0.25, -0.2) is 4.79 Å². The summed E-state index contributed by atoms with van der Waals surface area (Å²) in [7, 11) is 0. The monoisotopic (exact) mass is 342 g/mol. The third-order valence-electron chi connectivity index (χ3n) is 5.22. The van der Waals surface area contributed by atoms with E-state index in [2.05, 4.69) is 13.0 Å². The molecule has 0 bridgehead atoms. The number of likely N-dealkylation sites (tertiary alicyclic amines) is 1. The molecule has 1 saturated heterocycles. The fraction of sp³-hybridized carbons (Fsp3) is 0.474. The Morgan fingerprint density at radius 3 is 2.76 bits per heavy atom. The maximum absolute atomic E-state index is 12.7. The van der Waals surface area contributed by atoms with Crippen LogP contribution in [0.15, 0.2) is 45.1 Å². The normalized spacial score (nSPS) is 20.0.